The Morgan fingerprint density at radius 1 is 1.57 bits per heavy atom. The first kappa shape index (κ1) is 11.2. The van der Waals surface area contributed by atoms with Crippen molar-refractivity contribution in [3.8, 4) is 0 Å². The molecular formula is C11H18O3. The smallest absolute Gasteiger partial charge is 0.306 e. The summed E-state index contributed by atoms with van der Waals surface area (Å²) in [5, 5.41) is 9.00. The Bertz CT molecular complexity index is 233. The highest BCUT2D eigenvalue weighted by atomic mass is 16.4. The van der Waals surface area contributed by atoms with Crippen molar-refractivity contribution in [2.75, 3.05) is 0 Å². The zero-order valence-corrected chi connectivity index (χ0v) is 8.82. The molecule has 0 heterocycles. The van der Waals surface area contributed by atoms with Gasteiger partial charge >= 0.3 is 5.97 Å². The fraction of sp³-hybridized carbons (Fsp3) is 0.818. The van der Waals surface area contributed by atoms with Crippen LogP contribution < -0.4 is 0 Å². The molecule has 1 fully saturated rings. The molecule has 0 amide bonds. The third-order valence-electron chi connectivity index (χ3n) is 2.88. The van der Waals surface area contributed by atoms with Crippen molar-refractivity contribution in [1.29, 1.82) is 0 Å². The van der Waals surface area contributed by atoms with Crippen LogP contribution in [0.4, 0.5) is 0 Å². The molecule has 1 saturated carbocycles. The van der Waals surface area contributed by atoms with Crippen molar-refractivity contribution in [2.45, 2.75) is 39.5 Å². The Morgan fingerprint density at radius 3 is 2.71 bits per heavy atom. The number of ketones is 1. The topological polar surface area (TPSA) is 54.4 Å². The number of aliphatic carboxylic acids is 1. The van der Waals surface area contributed by atoms with Gasteiger partial charge in [0.1, 0.15) is 5.78 Å². The fourth-order valence-corrected chi connectivity index (χ4v) is 2.27. The van der Waals surface area contributed by atoms with Crippen LogP contribution in [-0.4, -0.2) is 16.9 Å². The maximum Gasteiger partial charge on any atom is 0.306 e. The van der Waals surface area contributed by atoms with Crippen LogP contribution in [0.15, 0.2) is 0 Å². The second kappa shape index (κ2) is 4.58. The summed E-state index contributed by atoms with van der Waals surface area (Å²) in [7, 11) is 0. The summed E-state index contributed by atoms with van der Waals surface area (Å²) in [5.74, 6) is -0.270. The minimum absolute atomic E-state index is 0.0637. The molecule has 1 aliphatic rings. The van der Waals surface area contributed by atoms with Gasteiger partial charge in [-0.15, -0.1) is 0 Å². The van der Waals surface area contributed by atoms with Gasteiger partial charge in [0, 0.05) is 12.8 Å². The first-order valence-electron chi connectivity index (χ1n) is 5.25. The molecule has 14 heavy (non-hydrogen) atoms. The molecule has 3 heteroatoms. The molecular weight excluding hydrogens is 180 g/mol. The van der Waals surface area contributed by atoms with Gasteiger partial charge in [-0.05, 0) is 24.7 Å². The molecule has 0 saturated heterocycles. The Labute approximate surface area is 84.5 Å². The van der Waals surface area contributed by atoms with E-state index in [9.17, 15) is 9.59 Å². The second-order valence-corrected chi connectivity index (χ2v) is 4.62. The molecule has 2 atom stereocenters. The quantitative estimate of drug-likeness (QED) is 0.755. The SMILES string of the molecule is CC(C)CC1CC(=O)CCC1C(=O)O. The van der Waals surface area contributed by atoms with Gasteiger partial charge in [0.2, 0.25) is 0 Å². The lowest BCUT2D eigenvalue weighted by molar-refractivity contribution is -0.146. The number of Topliss-reactive ketones (excluding diaryl/α,β-unsaturated/α-hetero) is 1. The molecule has 3 nitrogen and oxygen atoms in total. The summed E-state index contributed by atoms with van der Waals surface area (Å²) < 4.78 is 0. The van der Waals surface area contributed by atoms with Gasteiger partial charge in [0.05, 0.1) is 5.92 Å². The lowest BCUT2D eigenvalue weighted by Gasteiger charge is -2.28. The van der Waals surface area contributed by atoms with E-state index >= 15 is 0 Å². The molecule has 0 aromatic heterocycles. The number of rotatable bonds is 3. The van der Waals surface area contributed by atoms with E-state index in [0.29, 0.717) is 25.2 Å². The minimum atomic E-state index is -0.733. The molecule has 0 aliphatic heterocycles. The van der Waals surface area contributed by atoms with Crippen molar-refractivity contribution in [3.05, 3.63) is 0 Å². The van der Waals surface area contributed by atoms with Crippen molar-refractivity contribution in [1.82, 2.24) is 0 Å². The number of carbonyl (C=O) groups excluding carboxylic acids is 1. The van der Waals surface area contributed by atoms with Crippen LogP contribution in [0, 0.1) is 17.8 Å². The molecule has 1 aliphatic carbocycles. The second-order valence-electron chi connectivity index (χ2n) is 4.62. The maximum absolute atomic E-state index is 11.2. The highest BCUT2D eigenvalue weighted by Gasteiger charge is 2.34. The predicted molar refractivity (Wildman–Crippen MR) is 52.9 cm³/mol. The summed E-state index contributed by atoms with van der Waals surface area (Å²) in [6.07, 6.45) is 2.30. The van der Waals surface area contributed by atoms with Crippen LogP contribution in [0.25, 0.3) is 0 Å². The van der Waals surface area contributed by atoms with Crippen LogP contribution in [0.1, 0.15) is 39.5 Å². The molecule has 0 radical (unpaired) electrons. The first-order valence-corrected chi connectivity index (χ1v) is 5.25. The van der Waals surface area contributed by atoms with Gasteiger partial charge < -0.3 is 5.11 Å². The summed E-state index contributed by atoms with van der Waals surface area (Å²) >= 11 is 0. The molecule has 0 spiro atoms. The van der Waals surface area contributed by atoms with Crippen molar-refractivity contribution < 1.29 is 14.7 Å². The Balaban J connectivity index is 2.63. The first-order chi connectivity index (χ1) is 6.50. The van der Waals surface area contributed by atoms with E-state index in [1.165, 1.54) is 0 Å². The molecule has 80 valence electrons. The van der Waals surface area contributed by atoms with E-state index in [4.69, 9.17) is 5.11 Å². The summed E-state index contributed by atoms with van der Waals surface area (Å²) in [6.45, 7) is 4.13. The third-order valence-corrected chi connectivity index (χ3v) is 2.88. The average molecular weight is 198 g/mol. The average Bonchev–Trinajstić information content (AvgIpc) is 2.01. The van der Waals surface area contributed by atoms with E-state index in [-0.39, 0.29) is 17.6 Å². The van der Waals surface area contributed by atoms with E-state index in [0.717, 1.165) is 6.42 Å². The summed E-state index contributed by atoms with van der Waals surface area (Å²) in [4.78, 5) is 22.2. The zero-order chi connectivity index (χ0) is 10.7. The van der Waals surface area contributed by atoms with Crippen molar-refractivity contribution >= 4 is 11.8 Å². The van der Waals surface area contributed by atoms with Crippen LogP contribution in [0.3, 0.4) is 0 Å². The number of hydrogen-bond donors (Lipinski definition) is 1. The van der Waals surface area contributed by atoms with Crippen LogP contribution in [-0.2, 0) is 9.59 Å². The lowest BCUT2D eigenvalue weighted by atomic mass is 9.75. The monoisotopic (exact) mass is 198 g/mol. The fourth-order valence-electron chi connectivity index (χ4n) is 2.27. The summed E-state index contributed by atoms with van der Waals surface area (Å²) in [6, 6.07) is 0. The number of hydrogen-bond acceptors (Lipinski definition) is 2. The Morgan fingerprint density at radius 2 is 2.21 bits per heavy atom. The predicted octanol–water partition coefficient (Wildman–Crippen LogP) is 2.10. The normalized spacial score (nSPS) is 28.1. The molecule has 0 aromatic carbocycles. The van der Waals surface area contributed by atoms with Crippen LogP contribution in [0.2, 0.25) is 0 Å². The van der Waals surface area contributed by atoms with Gasteiger partial charge in [-0.25, -0.2) is 0 Å². The highest BCUT2D eigenvalue weighted by Crippen LogP contribution is 2.32. The molecule has 0 aromatic rings. The maximum atomic E-state index is 11.2. The van der Waals surface area contributed by atoms with Gasteiger partial charge in [-0.1, -0.05) is 13.8 Å². The van der Waals surface area contributed by atoms with E-state index in [1.54, 1.807) is 0 Å². The van der Waals surface area contributed by atoms with Gasteiger partial charge in [-0.3, -0.25) is 9.59 Å². The highest BCUT2D eigenvalue weighted by molar-refractivity contribution is 5.82. The lowest BCUT2D eigenvalue weighted by Crippen LogP contribution is -2.31. The van der Waals surface area contributed by atoms with E-state index in [1.807, 2.05) is 0 Å². The van der Waals surface area contributed by atoms with Crippen LogP contribution in [0.5, 0.6) is 0 Å². The third kappa shape index (κ3) is 2.82. The Kier molecular flexibility index (Phi) is 3.67. The van der Waals surface area contributed by atoms with Crippen molar-refractivity contribution in [2.24, 2.45) is 17.8 Å². The van der Waals surface area contributed by atoms with Gasteiger partial charge in [0.25, 0.3) is 0 Å². The van der Waals surface area contributed by atoms with Gasteiger partial charge in [-0.2, -0.15) is 0 Å². The van der Waals surface area contributed by atoms with E-state index in [2.05, 4.69) is 13.8 Å². The molecule has 1 rings (SSSR count). The van der Waals surface area contributed by atoms with Gasteiger partial charge in [0.15, 0.2) is 0 Å². The van der Waals surface area contributed by atoms with Crippen molar-refractivity contribution in [3.63, 3.8) is 0 Å². The number of carboxylic acids is 1. The number of carboxylic acid groups (broad SMARTS) is 1. The molecule has 2 unspecified atom stereocenters. The zero-order valence-electron chi connectivity index (χ0n) is 8.82. The molecule has 0 bridgehead atoms. The standard InChI is InChI=1S/C11H18O3/c1-7(2)5-8-6-9(12)3-4-10(8)11(13)14/h7-8,10H,3-6H2,1-2H3,(H,13,14). The van der Waals surface area contributed by atoms with Crippen LogP contribution >= 0.6 is 0 Å². The minimum Gasteiger partial charge on any atom is -0.481 e. The Hall–Kier alpha value is -0.860. The van der Waals surface area contributed by atoms with E-state index < -0.39 is 5.97 Å². The largest absolute Gasteiger partial charge is 0.481 e. The number of carbonyl (C=O) groups is 2. The summed E-state index contributed by atoms with van der Waals surface area (Å²) in [5.41, 5.74) is 0. The molecule has 1 N–H and O–H groups in total.